The Morgan fingerprint density at radius 2 is 2.36 bits per heavy atom. The Balaban J connectivity index is 2.00. The van der Waals surface area contributed by atoms with Crippen molar-refractivity contribution >= 4 is 5.84 Å². The van der Waals surface area contributed by atoms with Gasteiger partial charge in [-0.1, -0.05) is 6.92 Å². The van der Waals surface area contributed by atoms with Crippen molar-refractivity contribution in [2.75, 3.05) is 19.7 Å². The second-order valence-corrected chi connectivity index (χ2v) is 4.14. The maximum atomic E-state index is 8.84. The first-order chi connectivity index (χ1) is 6.83. The Bertz CT molecular complexity index is 180. The zero-order chi connectivity index (χ0) is 10.2. The SMILES string of the molecule is CC(CO)CCCNC1=NCCCC1. The molecule has 0 saturated carbocycles. The van der Waals surface area contributed by atoms with Gasteiger partial charge in [0.2, 0.25) is 0 Å². The van der Waals surface area contributed by atoms with Crippen LogP contribution in [0.25, 0.3) is 0 Å². The highest BCUT2D eigenvalue weighted by atomic mass is 16.3. The zero-order valence-corrected chi connectivity index (χ0v) is 9.13. The molecule has 0 aromatic carbocycles. The normalized spacial score (nSPS) is 18.9. The van der Waals surface area contributed by atoms with Gasteiger partial charge in [0.1, 0.15) is 0 Å². The molecule has 1 aliphatic rings. The molecule has 3 nitrogen and oxygen atoms in total. The van der Waals surface area contributed by atoms with Gasteiger partial charge in [-0.25, -0.2) is 0 Å². The highest BCUT2D eigenvalue weighted by molar-refractivity contribution is 5.82. The molecule has 14 heavy (non-hydrogen) atoms. The number of aliphatic hydroxyl groups excluding tert-OH is 1. The first-order valence-electron chi connectivity index (χ1n) is 5.71. The van der Waals surface area contributed by atoms with Gasteiger partial charge < -0.3 is 10.4 Å². The van der Waals surface area contributed by atoms with Crippen LogP contribution in [-0.4, -0.2) is 30.6 Å². The number of aliphatic hydroxyl groups is 1. The van der Waals surface area contributed by atoms with Gasteiger partial charge in [0, 0.05) is 26.1 Å². The van der Waals surface area contributed by atoms with E-state index in [0.717, 1.165) is 32.4 Å². The second-order valence-electron chi connectivity index (χ2n) is 4.14. The molecule has 0 radical (unpaired) electrons. The van der Waals surface area contributed by atoms with E-state index < -0.39 is 0 Å². The monoisotopic (exact) mass is 198 g/mol. The van der Waals surface area contributed by atoms with Gasteiger partial charge in [-0.3, -0.25) is 4.99 Å². The molecule has 0 spiro atoms. The van der Waals surface area contributed by atoms with Crippen LogP contribution >= 0.6 is 0 Å². The molecular weight excluding hydrogens is 176 g/mol. The van der Waals surface area contributed by atoms with Crippen LogP contribution in [-0.2, 0) is 0 Å². The van der Waals surface area contributed by atoms with E-state index >= 15 is 0 Å². The van der Waals surface area contributed by atoms with Crippen molar-refractivity contribution in [2.24, 2.45) is 10.9 Å². The van der Waals surface area contributed by atoms with Gasteiger partial charge in [0.05, 0.1) is 5.84 Å². The molecule has 0 saturated heterocycles. The van der Waals surface area contributed by atoms with E-state index in [1.54, 1.807) is 0 Å². The maximum Gasteiger partial charge on any atom is 0.0963 e. The Kier molecular flexibility index (Phi) is 5.60. The first kappa shape index (κ1) is 11.5. The van der Waals surface area contributed by atoms with E-state index in [1.807, 2.05) is 0 Å². The minimum atomic E-state index is 0.306. The van der Waals surface area contributed by atoms with Crippen LogP contribution in [0.15, 0.2) is 4.99 Å². The number of hydrogen-bond acceptors (Lipinski definition) is 3. The van der Waals surface area contributed by atoms with Crippen molar-refractivity contribution in [1.29, 1.82) is 0 Å². The standard InChI is InChI=1S/C11H22N2O/c1-10(9-14)5-4-8-13-11-6-2-3-7-12-11/h10,14H,2-9H2,1H3,(H,12,13). The fraction of sp³-hybridized carbons (Fsp3) is 0.909. The quantitative estimate of drug-likeness (QED) is 0.659. The van der Waals surface area contributed by atoms with Crippen LogP contribution in [0.3, 0.4) is 0 Å². The fourth-order valence-electron chi connectivity index (χ4n) is 1.62. The molecular formula is C11H22N2O. The molecule has 2 N–H and O–H groups in total. The summed E-state index contributed by atoms with van der Waals surface area (Å²) in [6.45, 7) is 4.39. The molecule has 1 heterocycles. The summed E-state index contributed by atoms with van der Waals surface area (Å²) >= 11 is 0. The Morgan fingerprint density at radius 3 is 3.00 bits per heavy atom. The number of hydrogen-bond donors (Lipinski definition) is 2. The van der Waals surface area contributed by atoms with Gasteiger partial charge in [-0.05, 0) is 31.6 Å². The molecule has 1 aliphatic heterocycles. The van der Waals surface area contributed by atoms with Gasteiger partial charge in [0.15, 0.2) is 0 Å². The summed E-state index contributed by atoms with van der Waals surface area (Å²) in [6.07, 6.45) is 5.86. The van der Waals surface area contributed by atoms with Crippen LogP contribution < -0.4 is 5.32 Å². The van der Waals surface area contributed by atoms with Gasteiger partial charge in [-0.15, -0.1) is 0 Å². The summed E-state index contributed by atoms with van der Waals surface area (Å²) in [5.74, 6) is 1.62. The lowest BCUT2D eigenvalue weighted by Crippen LogP contribution is -2.27. The summed E-state index contributed by atoms with van der Waals surface area (Å²) in [5.41, 5.74) is 0. The van der Waals surface area contributed by atoms with E-state index in [-0.39, 0.29) is 0 Å². The smallest absolute Gasteiger partial charge is 0.0963 e. The second kappa shape index (κ2) is 6.82. The molecule has 0 aromatic heterocycles. The Labute approximate surface area is 86.6 Å². The maximum absolute atomic E-state index is 8.84. The molecule has 0 aromatic rings. The van der Waals surface area contributed by atoms with Gasteiger partial charge in [0.25, 0.3) is 0 Å². The highest BCUT2D eigenvalue weighted by Gasteiger charge is 2.04. The van der Waals surface area contributed by atoms with Crippen LogP contribution in [0.5, 0.6) is 0 Å². The zero-order valence-electron chi connectivity index (χ0n) is 9.13. The summed E-state index contributed by atoms with van der Waals surface area (Å²) in [7, 11) is 0. The lowest BCUT2D eigenvalue weighted by atomic mass is 10.1. The molecule has 0 fully saturated rings. The summed E-state index contributed by atoms with van der Waals surface area (Å²) in [5, 5.41) is 12.2. The van der Waals surface area contributed by atoms with Crippen molar-refractivity contribution in [3.8, 4) is 0 Å². The third kappa shape index (κ3) is 4.61. The predicted molar refractivity (Wildman–Crippen MR) is 59.6 cm³/mol. The minimum Gasteiger partial charge on any atom is -0.396 e. The molecule has 0 aliphatic carbocycles. The van der Waals surface area contributed by atoms with Crippen LogP contribution in [0.4, 0.5) is 0 Å². The molecule has 0 amide bonds. The lowest BCUT2D eigenvalue weighted by Gasteiger charge is -2.14. The van der Waals surface area contributed by atoms with Gasteiger partial charge in [-0.2, -0.15) is 0 Å². The van der Waals surface area contributed by atoms with E-state index in [4.69, 9.17) is 5.11 Å². The fourth-order valence-corrected chi connectivity index (χ4v) is 1.62. The number of nitrogens with one attached hydrogen (secondary N) is 1. The van der Waals surface area contributed by atoms with Crippen LogP contribution in [0.1, 0.15) is 39.0 Å². The summed E-state index contributed by atoms with van der Waals surface area (Å²) in [6, 6.07) is 0. The molecule has 1 rings (SSSR count). The first-order valence-corrected chi connectivity index (χ1v) is 5.71. The third-order valence-corrected chi connectivity index (χ3v) is 2.64. The average Bonchev–Trinajstić information content (AvgIpc) is 2.25. The third-order valence-electron chi connectivity index (χ3n) is 2.64. The van der Waals surface area contributed by atoms with Crippen molar-refractivity contribution in [2.45, 2.75) is 39.0 Å². The molecule has 82 valence electrons. The molecule has 0 bridgehead atoms. The van der Waals surface area contributed by atoms with Crippen molar-refractivity contribution in [3.05, 3.63) is 0 Å². The Morgan fingerprint density at radius 1 is 1.50 bits per heavy atom. The van der Waals surface area contributed by atoms with Crippen molar-refractivity contribution in [1.82, 2.24) is 5.32 Å². The molecule has 1 unspecified atom stereocenters. The van der Waals surface area contributed by atoms with Crippen molar-refractivity contribution < 1.29 is 5.11 Å². The lowest BCUT2D eigenvalue weighted by molar-refractivity contribution is 0.228. The van der Waals surface area contributed by atoms with Crippen LogP contribution in [0, 0.1) is 5.92 Å². The number of nitrogens with zero attached hydrogens (tertiary/aromatic N) is 1. The van der Waals surface area contributed by atoms with E-state index in [9.17, 15) is 0 Å². The largest absolute Gasteiger partial charge is 0.396 e. The van der Waals surface area contributed by atoms with E-state index in [0.29, 0.717) is 12.5 Å². The van der Waals surface area contributed by atoms with Crippen molar-refractivity contribution in [3.63, 3.8) is 0 Å². The number of amidine groups is 1. The average molecular weight is 198 g/mol. The Hall–Kier alpha value is -0.570. The summed E-state index contributed by atoms with van der Waals surface area (Å²) in [4.78, 5) is 4.42. The highest BCUT2D eigenvalue weighted by Crippen LogP contribution is 2.05. The van der Waals surface area contributed by atoms with Crippen LogP contribution in [0.2, 0.25) is 0 Å². The van der Waals surface area contributed by atoms with E-state index in [2.05, 4.69) is 17.2 Å². The number of rotatable bonds is 5. The number of aliphatic imine (C=N–C) groups is 1. The minimum absolute atomic E-state index is 0.306. The predicted octanol–water partition coefficient (Wildman–Crippen LogP) is 1.57. The molecule has 3 heteroatoms. The van der Waals surface area contributed by atoms with Gasteiger partial charge >= 0.3 is 0 Å². The van der Waals surface area contributed by atoms with E-state index in [1.165, 1.54) is 18.7 Å². The molecule has 1 atom stereocenters. The topological polar surface area (TPSA) is 44.6 Å². The summed E-state index contributed by atoms with van der Waals surface area (Å²) < 4.78 is 0.